The summed E-state index contributed by atoms with van der Waals surface area (Å²) in [4.78, 5) is 15.0. The Morgan fingerprint density at radius 2 is 2.23 bits per heavy atom. The van der Waals surface area contributed by atoms with Crippen molar-refractivity contribution in [1.82, 2.24) is 10.2 Å². The summed E-state index contributed by atoms with van der Waals surface area (Å²) in [5.41, 5.74) is 0.801. The second-order valence-corrected chi connectivity index (χ2v) is 7.21. The van der Waals surface area contributed by atoms with E-state index in [1.807, 2.05) is 23.6 Å². The van der Waals surface area contributed by atoms with Gasteiger partial charge in [-0.3, -0.25) is 9.69 Å². The van der Waals surface area contributed by atoms with Crippen molar-refractivity contribution in [2.75, 3.05) is 19.7 Å². The Kier molecular flexibility index (Phi) is 3.64. The summed E-state index contributed by atoms with van der Waals surface area (Å²) in [5, 5.41) is 6.23. The van der Waals surface area contributed by atoms with Crippen LogP contribution in [0.2, 0.25) is 0 Å². The summed E-state index contributed by atoms with van der Waals surface area (Å²) in [6.45, 7) is 4.80. The zero-order valence-corrected chi connectivity index (χ0v) is 13.4. The molecule has 1 aromatic heterocycles. The van der Waals surface area contributed by atoms with Gasteiger partial charge in [-0.1, -0.05) is 18.2 Å². The van der Waals surface area contributed by atoms with Gasteiger partial charge in [0.15, 0.2) is 0 Å². The number of benzene rings is 1. The van der Waals surface area contributed by atoms with Gasteiger partial charge in [0.25, 0.3) is 5.91 Å². The van der Waals surface area contributed by atoms with Crippen LogP contribution in [0.3, 0.4) is 0 Å². The fourth-order valence-corrected chi connectivity index (χ4v) is 4.50. The first kappa shape index (κ1) is 14.2. The molecule has 1 amide bonds. The molecule has 2 aromatic rings. The summed E-state index contributed by atoms with van der Waals surface area (Å²) in [6.07, 6.45) is 1.28. The lowest BCUT2D eigenvalue weighted by atomic mass is 10.1. The highest BCUT2D eigenvalue weighted by Gasteiger charge is 2.36. The number of rotatable bonds is 2. The summed E-state index contributed by atoms with van der Waals surface area (Å²) in [5.74, 6) is 0.0521. The number of nitrogens with one attached hydrogen (secondary N) is 1. The molecule has 0 aliphatic carbocycles. The molecule has 4 nitrogen and oxygen atoms in total. The molecule has 0 unspecified atom stereocenters. The van der Waals surface area contributed by atoms with Gasteiger partial charge < -0.3 is 10.1 Å². The van der Waals surface area contributed by atoms with Crippen LogP contribution in [0.4, 0.5) is 0 Å². The van der Waals surface area contributed by atoms with Gasteiger partial charge in [-0.2, -0.15) is 0 Å². The number of amides is 1. The fraction of sp³-hybridized carbons (Fsp3) is 0.471. The summed E-state index contributed by atoms with van der Waals surface area (Å²) in [7, 11) is 0. The summed E-state index contributed by atoms with van der Waals surface area (Å²) in [6, 6.07) is 8.77. The quantitative estimate of drug-likeness (QED) is 0.925. The number of thiophene rings is 1. The first-order valence-corrected chi connectivity index (χ1v) is 8.71. The number of carbonyl (C=O) groups excluding carboxylic acids is 1. The molecule has 2 fully saturated rings. The summed E-state index contributed by atoms with van der Waals surface area (Å²) < 4.78 is 6.89. The predicted octanol–water partition coefficient (Wildman–Crippen LogP) is 2.49. The first-order chi connectivity index (χ1) is 10.7. The first-order valence-electron chi connectivity index (χ1n) is 7.83. The molecule has 116 valence electrons. The van der Waals surface area contributed by atoms with E-state index in [9.17, 15) is 4.79 Å². The maximum absolute atomic E-state index is 12.6. The van der Waals surface area contributed by atoms with E-state index in [1.54, 1.807) is 11.3 Å². The molecule has 1 N–H and O–H groups in total. The number of hydrogen-bond acceptors (Lipinski definition) is 4. The predicted molar refractivity (Wildman–Crippen MR) is 88.5 cm³/mol. The Bertz CT molecular complexity index is 699. The lowest BCUT2D eigenvalue weighted by Gasteiger charge is -2.33. The minimum Gasteiger partial charge on any atom is -0.376 e. The van der Waals surface area contributed by atoms with Gasteiger partial charge in [0.2, 0.25) is 0 Å². The zero-order chi connectivity index (χ0) is 15.1. The Balaban J connectivity index is 1.46. The smallest absolute Gasteiger partial charge is 0.253 e. The molecule has 0 radical (unpaired) electrons. The average molecular weight is 316 g/mol. The molecule has 0 bridgehead atoms. The Morgan fingerprint density at radius 1 is 1.36 bits per heavy atom. The molecule has 22 heavy (non-hydrogen) atoms. The van der Waals surface area contributed by atoms with Crippen LogP contribution < -0.4 is 5.32 Å². The van der Waals surface area contributed by atoms with Crippen molar-refractivity contribution in [2.45, 2.75) is 31.5 Å². The van der Waals surface area contributed by atoms with Crippen molar-refractivity contribution in [2.24, 2.45) is 0 Å². The van der Waals surface area contributed by atoms with Crippen LogP contribution >= 0.6 is 11.3 Å². The highest BCUT2D eigenvalue weighted by molar-refractivity contribution is 7.17. The molecule has 2 aliphatic rings. The van der Waals surface area contributed by atoms with Crippen LogP contribution in [0.5, 0.6) is 0 Å². The van der Waals surface area contributed by atoms with Crippen LogP contribution in [0, 0.1) is 0 Å². The van der Waals surface area contributed by atoms with E-state index in [-0.39, 0.29) is 11.9 Å². The van der Waals surface area contributed by atoms with Gasteiger partial charge in [-0.25, -0.2) is 0 Å². The van der Waals surface area contributed by atoms with E-state index in [2.05, 4.69) is 23.2 Å². The molecule has 5 heteroatoms. The van der Waals surface area contributed by atoms with Crippen molar-refractivity contribution < 1.29 is 9.53 Å². The second-order valence-electron chi connectivity index (χ2n) is 6.30. The molecule has 0 spiro atoms. The lowest BCUT2D eigenvalue weighted by molar-refractivity contribution is -0.0390. The topological polar surface area (TPSA) is 41.6 Å². The molecule has 0 saturated carbocycles. The van der Waals surface area contributed by atoms with E-state index in [1.165, 1.54) is 4.70 Å². The highest BCUT2D eigenvalue weighted by Crippen LogP contribution is 2.27. The van der Waals surface area contributed by atoms with E-state index >= 15 is 0 Å². The zero-order valence-electron chi connectivity index (χ0n) is 12.6. The minimum absolute atomic E-state index is 0.0521. The van der Waals surface area contributed by atoms with Crippen LogP contribution in [-0.4, -0.2) is 48.7 Å². The third-order valence-corrected chi connectivity index (χ3v) is 5.62. The number of ether oxygens (including phenoxy) is 1. The average Bonchev–Trinajstić information content (AvgIpc) is 3.09. The molecular formula is C17H20N2O2S. The van der Waals surface area contributed by atoms with Crippen molar-refractivity contribution in [3.8, 4) is 0 Å². The number of hydrogen-bond donors (Lipinski definition) is 1. The molecule has 2 aliphatic heterocycles. The van der Waals surface area contributed by atoms with E-state index in [4.69, 9.17) is 4.74 Å². The number of carbonyl (C=O) groups is 1. The van der Waals surface area contributed by atoms with Crippen LogP contribution in [0.25, 0.3) is 10.1 Å². The maximum atomic E-state index is 12.6. The van der Waals surface area contributed by atoms with Gasteiger partial charge in [0.1, 0.15) is 0 Å². The third-order valence-electron chi connectivity index (χ3n) is 4.65. The van der Waals surface area contributed by atoms with E-state index in [0.717, 1.165) is 37.1 Å². The molecular weight excluding hydrogens is 296 g/mol. The SMILES string of the molecule is C[C@H]1CN2C[C@H](NC(=O)c3csc4ccccc34)C[C@H]2CO1. The second kappa shape index (κ2) is 5.65. The van der Waals surface area contributed by atoms with Crippen LogP contribution in [-0.2, 0) is 4.74 Å². The highest BCUT2D eigenvalue weighted by atomic mass is 32.1. The number of morpholine rings is 1. The van der Waals surface area contributed by atoms with Gasteiger partial charge in [0.05, 0.1) is 18.3 Å². The van der Waals surface area contributed by atoms with Gasteiger partial charge in [-0.15, -0.1) is 11.3 Å². The van der Waals surface area contributed by atoms with Gasteiger partial charge in [-0.05, 0) is 19.4 Å². The van der Waals surface area contributed by atoms with Crippen molar-refractivity contribution in [3.63, 3.8) is 0 Å². The van der Waals surface area contributed by atoms with Crippen LogP contribution in [0.1, 0.15) is 23.7 Å². The molecule has 4 rings (SSSR count). The Morgan fingerprint density at radius 3 is 3.14 bits per heavy atom. The molecule has 1 aromatic carbocycles. The number of nitrogens with zero attached hydrogens (tertiary/aromatic N) is 1. The maximum Gasteiger partial charge on any atom is 0.253 e. The number of fused-ring (bicyclic) bond motifs is 2. The van der Waals surface area contributed by atoms with Gasteiger partial charge in [0, 0.05) is 40.6 Å². The largest absolute Gasteiger partial charge is 0.376 e. The van der Waals surface area contributed by atoms with Gasteiger partial charge >= 0.3 is 0 Å². The normalized spacial score (nSPS) is 28.7. The monoisotopic (exact) mass is 316 g/mol. The van der Waals surface area contributed by atoms with Crippen LogP contribution in [0.15, 0.2) is 29.6 Å². The summed E-state index contributed by atoms with van der Waals surface area (Å²) >= 11 is 1.63. The Labute approximate surface area is 134 Å². The molecule has 3 heterocycles. The molecule has 3 atom stereocenters. The molecule has 2 saturated heterocycles. The standard InChI is InChI=1S/C17H20N2O2S/c1-11-7-19-8-12(6-13(19)9-21-11)18-17(20)15-10-22-16-5-3-2-4-14(15)16/h2-5,10-13H,6-9H2,1H3,(H,18,20)/t11-,12+,13-/m0/s1. The van der Waals surface area contributed by atoms with Crippen molar-refractivity contribution >= 4 is 27.3 Å². The third kappa shape index (κ3) is 2.53. The van der Waals surface area contributed by atoms with E-state index in [0.29, 0.717) is 12.1 Å². The Hall–Kier alpha value is -1.43. The van der Waals surface area contributed by atoms with Crippen molar-refractivity contribution in [3.05, 3.63) is 35.2 Å². The fourth-order valence-electron chi connectivity index (χ4n) is 3.56. The minimum atomic E-state index is 0.0521. The van der Waals surface area contributed by atoms with E-state index < -0.39 is 0 Å². The lowest BCUT2D eigenvalue weighted by Crippen LogP contribution is -2.45. The van der Waals surface area contributed by atoms with Crippen molar-refractivity contribution in [1.29, 1.82) is 0 Å².